The standard InChI is InChI=1S/C7H13NO2S/c1-6(11(9)10)7-3-2-4-8-5-7/h8H,2-5H2,1H3,(H,9,10). The van der Waals surface area contributed by atoms with Crippen LogP contribution in [0.2, 0.25) is 0 Å². The lowest BCUT2D eigenvalue weighted by Gasteiger charge is -2.16. The lowest BCUT2D eigenvalue weighted by Crippen LogP contribution is -2.25. The Morgan fingerprint density at radius 3 is 2.91 bits per heavy atom. The second-order valence-corrected chi connectivity index (χ2v) is 3.80. The molecule has 0 bridgehead atoms. The van der Waals surface area contributed by atoms with Gasteiger partial charge < -0.3 is 9.87 Å². The van der Waals surface area contributed by atoms with Crippen LogP contribution in [0.5, 0.6) is 0 Å². The number of piperidine rings is 1. The fourth-order valence-electron chi connectivity index (χ4n) is 1.18. The molecule has 0 aliphatic carbocycles. The summed E-state index contributed by atoms with van der Waals surface area (Å²) in [5.74, 6) is 0. The average Bonchev–Trinajstić information content (AvgIpc) is 2.05. The van der Waals surface area contributed by atoms with Crippen molar-refractivity contribution >= 4 is 11.1 Å². The van der Waals surface area contributed by atoms with Gasteiger partial charge in [0.25, 0.3) is 0 Å². The summed E-state index contributed by atoms with van der Waals surface area (Å²) in [6.07, 6.45) is 2.04. The van der Waals surface area contributed by atoms with Crippen LogP contribution in [-0.2, 0) is 11.1 Å². The van der Waals surface area contributed by atoms with Gasteiger partial charge in [0.1, 0.15) is 0 Å². The van der Waals surface area contributed by atoms with E-state index in [0.717, 1.165) is 31.5 Å². The summed E-state index contributed by atoms with van der Waals surface area (Å²) in [5.41, 5.74) is 1.09. The molecule has 1 fully saturated rings. The second-order valence-electron chi connectivity index (χ2n) is 2.69. The lowest BCUT2D eigenvalue weighted by atomic mass is 10.1. The van der Waals surface area contributed by atoms with E-state index in [1.165, 1.54) is 0 Å². The van der Waals surface area contributed by atoms with E-state index in [2.05, 4.69) is 5.32 Å². The maximum atomic E-state index is 10.6. The third-order valence-electron chi connectivity index (χ3n) is 1.93. The number of nitrogens with one attached hydrogen (secondary N) is 1. The van der Waals surface area contributed by atoms with Gasteiger partial charge in [-0.3, -0.25) is 0 Å². The van der Waals surface area contributed by atoms with Gasteiger partial charge in [0.2, 0.25) is 0 Å². The number of hydrogen-bond acceptors (Lipinski definition) is 2. The monoisotopic (exact) mass is 175 g/mol. The van der Waals surface area contributed by atoms with Crippen molar-refractivity contribution in [1.29, 1.82) is 0 Å². The Balaban J connectivity index is 2.68. The first-order valence-corrected chi connectivity index (χ1v) is 4.82. The Bertz CT molecular complexity index is 193. The quantitative estimate of drug-likeness (QED) is 0.581. The SMILES string of the molecule is CC(=C1CCCNC1)S(=O)O. The molecule has 1 aliphatic heterocycles. The van der Waals surface area contributed by atoms with Crippen LogP contribution in [-0.4, -0.2) is 21.9 Å². The Labute approximate surface area is 69.2 Å². The molecule has 0 aromatic rings. The molecule has 0 spiro atoms. The molecule has 1 saturated heterocycles. The van der Waals surface area contributed by atoms with Gasteiger partial charge in [0, 0.05) is 11.4 Å². The third-order valence-corrected chi connectivity index (χ3v) is 2.74. The summed E-state index contributed by atoms with van der Waals surface area (Å²) in [6, 6.07) is 0. The van der Waals surface area contributed by atoms with Crippen molar-refractivity contribution in [3.63, 3.8) is 0 Å². The lowest BCUT2D eigenvalue weighted by molar-refractivity contribution is 0.566. The number of hydrogen-bond donors (Lipinski definition) is 2. The average molecular weight is 175 g/mol. The molecule has 3 nitrogen and oxygen atoms in total. The highest BCUT2D eigenvalue weighted by Gasteiger charge is 2.10. The first-order chi connectivity index (χ1) is 5.22. The Kier molecular flexibility index (Phi) is 3.23. The van der Waals surface area contributed by atoms with E-state index < -0.39 is 11.1 Å². The van der Waals surface area contributed by atoms with Crippen molar-refractivity contribution in [1.82, 2.24) is 5.32 Å². The topological polar surface area (TPSA) is 49.3 Å². The van der Waals surface area contributed by atoms with Crippen molar-refractivity contribution in [3.8, 4) is 0 Å². The molecule has 11 heavy (non-hydrogen) atoms. The summed E-state index contributed by atoms with van der Waals surface area (Å²) in [4.78, 5) is 0.622. The molecule has 0 amide bonds. The fraction of sp³-hybridized carbons (Fsp3) is 0.714. The minimum atomic E-state index is -1.77. The largest absolute Gasteiger partial charge is 0.313 e. The van der Waals surface area contributed by atoms with Crippen LogP contribution in [0.4, 0.5) is 0 Å². The van der Waals surface area contributed by atoms with E-state index in [0.29, 0.717) is 4.91 Å². The van der Waals surface area contributed by atoms with E-state index in [1.807, 2.05) is 0 Å². The van der Waals surface area contributed by atoms with Gasteiger partial charge in [-0.1, -0.05) is 0 Å². The zero-order chi connectivity index (χ0) is 8.27. The maximum Gasteiger partial charge on any atom is 0.181 e. The minimum Gasteiger partial charge on any atom is -0.313 e. The Morgan fingerprint density at radius 2 is 2.45 bits per heavy atom. The molecule has 1 heterocycles. The maximum absolute atomic E-state index is 10.6. The molecule has 1 aliphatic rings. The molecule has 2 N–H and O–H groups in total. The molecular formula is C7H13NO2S. The normalized spacial score (nSPS) is 26.4. The van der Waals surface area contributed by atoms with E-state index >= 15 is 0 Å². The number of allylic oxidation sites excluding steroid dienone is 1. The molecule has 1 rings (SSSR count). The zero-order valence-corrected chi connectivity index (χ0v) is 7.41. The first-order valence-electron chi connectivity index (χ1n) is 3.72. The molecule has 0 radical (unpaired) electrons. The van der Waals surface area contributed by atoms with Gasteiger partial charge in [0.05, 0.1) is 0 Å². The summed E-state index contributed by atoms with van der Waals surface area (Å²) < 4.78 is 19.4. The van der Waals surface area contributed by atoms with Crippen LogP contribution >= 0.6 is 0 Å². The van der Waals surface area contributed by atoms with Gasteiger partial charge in [-0.25, -0.2) is 4.21 Å². The predicted octanol–water partition coefficient (Wildman–Crippen LogP) is 0.866. The Morgan fingerprint density at radius 1 is 1.73 bits per heavy atom. The molecule has 0 aromatic carbocycles. The van der Waals surface area contributed by atoms with Gasteiger partial charge in [0.15, 0.2) is 11.1 Å². The molecule has 0 aromatic heterocycles. The minimum absolute atomic E-state index is 0.622. The van der Waals surface area contributed by atoms with Gasteiger partial charge in [-0.2, -0.15) is 0 Å². The van der Waals surface area contributed by atoms with Gasteiger partial charge >= 0.3 is 0 Å². The van der Waals surface area contributed by atoms with Crippen LogP contribution < -0.4 is 5.32 Å². The molecule has 64 valence electrons. The smallest absolute Gasteiger partial charge is 0.181 e. The second kappa shape index (κ2) is 3.99. The van der Waals surface area contributed by atoms with E-state index in [9.17, 15) is 4.21 Å². The van der Waals surface area contributed by atoms with Crippen molar-refractivity contribution in [2.75, 3.05) is 13.1 Å². The van der Waals surface area contributed by atoms with Crippen LogP contribution in [0.3, 0.4) is 0 Å². The van der Waals surface area contributed by atoms with Crippen molar-refractivity contribution in [3.05, 3.63) is 10.5 Å². The summed E-state index contributed by atoms with van der Waals surface area (Å²) in [5, 5.41) is 3.17. The predicted molar refractivity (Wildman–Crippen MR) is 45.6 cm³/mol. The van der Waals surface area contributed by atoms with E-state index in [-0.39, 0.29) is 0 Å². The van der Waals surface area contributed by atoms with Crippen molar-refractivity contribution in [2.45, 2.75) is 19.8 Å². The van der Waals surface area contributed by atoms with Gasteiger partial charge in [-0.15, -0.1) is 0 Å². The molecule has 0 saturated carbocycles. The van der Waals surface area contributed by atoms with Crippen LogP contribution in [0.1, 0.15) is 19.8 Å². The molecule has 1 unspecified atom stereocenters. The highest BCUT2D eigenvalue weighted by atomic mass is 32.2. The fourth-order valence-corrected chi connectivity index (χ4v) is 1.60. The highest BCUT2D eigenvalue weighted by molar-refractivity contribution is 7.83. The summed E-state index contributed by atoms with van der Waals surface area (Å²) >= 11 is -1.77. The number of rotatable bonds is 1. The highest BCUT2D eigenvalue weighted by Crippen LogP contribution is 2.14. The first kappa shape index (κ1) is 8.90. The summed E-state index contributed by atoms with van der Waals surface area (Å²) in [7, 11) is 0. The Hall–Kier alpha value is -0.190. The molecule has 4 heteroatoms. The van der Waals surface area contributed by atoms with Crippen LogP contribution in [0, 0.1) is 0 Å². The zero-order valence-electron chi connectivity index (χ0n) is 6.59. The van der Waals surface area contributed by atoms with Crippen molar-refractivity contribution in [2.24, 2.45) is 0 Å². The van der Waals surface area contributed by atoms with Crippen molar-refractivity contribution < 1.29 is 8.76 Å². The summed E-state index contributed by atoms with van der Waals surface area (Å²) in [6.45, 7) is 3.52. The van der Waals surface area contributed by atoms with E-state index in [1.54, 1.807) is 6.92 Å². The van der Waals surface area contributed by atoms with Crippen LogP contribution in [0.15, 0.2) is 10.5 Å². The molecule has 1 atom stereocenters. The molecular weight excluding hydrogens is 162 g/mol. The van der Waals surface area contributed by atoms with E-state index in [4.69, 9.17) is 4.55 Å². The third kappa shape index (κ3) is 2.39. The van der Waals surface area contributed by atoms with Gasteiger partial charge in [-0.05, 0) is 31.9 Å². The van der Waals surface area contributed by atoms with Crippen LogP contribution in [0.25, 0.3) is 0 Å².